The van der Waals surface area contributed by atoms with Crippen molar-refractivity contribution >= 4 is 5.69 Å². The highest BCUT2D eigenvalue weighted by Gasteiger charge is 2.17. The first-order valence-corrected chi connectivity index (χ1v) is 5.41. The molecule has 0 saturated heterocycles. The summed E-state index contributed by atoms with van der Waals surface area (Å²) in [5.41, 5.74) is 7.87. The molecule has 1 unspecified atom stereocenters. The largest absolute Gasteiger partial charge is 0.327 e. The van der Waals surface area contributed by atoms with Gasteiger partial charge in [0.15, 0.2) is 0 Å². The van der Waals surface area contributed by atoms with E-state index in [1.807, 2.05) is 26.8 Å². The molecule has 0 aliphatic carbocycles. The molecule has 1 aromatic rings. The minimum Gasteiger partial charge on any atom is -0.327 e. The average Bonchev–Trinajstić information content (AvgIpc) is 2.16. The Balaban J connectivity index is 3.01. The van der Waals surface area contributed by atoms with Crippen molar-refractivity contribution < 1.29 is 4.92 Å². The Hall–Kier alpha value is -1.42. The summed E-state index contributed by atoms with van der Waals surface area (Å²) < 4.78 is 0. The predicted molar refractivity (Wildman–Crippen MR) is 64.4 cm³/mol. The molecule has 0 heterocycles. The Labute approximate surface area is 95.6 Å². The summed E-state index contributed by atoms with van der Waals surface area (Å²) in [4.78, 5) is 10.5. The molecule has 88 valence electrons. The first-order chi connectivity index (χ1) is 7.41. The van der Waals surface area contributed by atoms with Gasteiger partial charge >= 0.3 is 0 Å². The maximum absolute atomic E-state index is 10.8. The smallest absolute Gasteiger partial charge is 0.272 e. The summed E-state index contributed by atoms with van der Waals surface area (Å²) in [7, 11) is 0. The molecule has 0 aliphatic heterocycles. The first kappa shape index (κ1) is 12.6. The minimum absolute atomic E-state index is 0.0412. The second-order valence-corrected chi connectivity index (χ2v) is 4.50. The van der Waals surface area contributed by atoms with Crippen LogP contribution < -0.4 is 5.73 Å². The molecule has 1 rings (SSSR count). The van der Waals surface area contributed by atoms with E-state index >= 15 is 0 Å². The fourth-order valence-corrected chi connectivity index (χ4v) is 1.55. The second-order valence-electron chi connectivity index (χ2n) is 4.50. The van der Waals surface area contributed by atoms with E-state index in [0.717, 1.165) is 11.1 Å². The van der Waals surface area contributed by atoms with Crippen LogP contribution in [0.25, 0.3) is 0 Å². The topological polar surface area (TPSA) is 69.2 Å². The van der Waals surface area contributed by atoms with E-state index in [2.05, 4.69) is 0 Å². The molecule has 0 bridgehead atoms. The van der Waals surface area contributed by atoms with Crippen molar-refractivity contribution in [2.24, 2.45) is 11.7 Å². The monoisotopic (exact) mass is 222 g/mol. The van der Waals surface area contributed by atoms with Crippen LogP contribution in [0.4, 0.5) is 5.69 Å². The molecular weight excluding hydrogens is 204 g/mol. The molecule has 0 radical (unpaired) electrons. The number of rotatable bonds is 4. The zero-order valence-electron chi connectivity index (χ0n) is 9.93. The maximum atomic E-state index is 10.8. The Morgan fingerprint density at radius 1 is 1.44 bits per heavy atom. The third-order valence-corrected chi connectivity index (χ3v) is 2.74. The van der Waals surface area contributed by atoms with E-state index < -0.39 is 0 Å². The summed E-state index contributed by atoms with van der Waals surface area (Å²) in [6, 6.07) is 5.11. The zero-order chi connectivity index (χ0) is 12.3. The Bertz CT molecular complexity index is 389. The van der Waals surface area contributed by atoms with Crippen molar-refractivity contribution in [3.05, 3.63) is 39.4 Å². The normalized spacial score (nSPS) is 12.8. The second kappa shape index (κ2) is 5.07. The average molecular weight is 222 g/mol. The van der Waals surface area contributed by atoms with Gasteiger partial charge in [0.05, 0.1) is 4.92 Å². The van der Waals surface area contributed by atoms with Gasteiger partial charge in [0.1, 0.15) is 0 Å². The Morgan fingerprint density at radius 3 is 2.56 bits per heavy atom. The molecule has 2 N–H and O–H groups in total. The maximum Gasteiger partial charge on any atom is 0.272 e. The molecule has 16 heavy (non-hydrogen) atoms. The first-order valence-electron chi connectivity index (χ1n) is 5.41. The fraction of sp³-hybridized carbons (Fsp3) is 0.500. The van der Waals surface area contributed by atoms with Crippen LogP contribution >= 0.6 is 0 Å². The molecule has 0 aromatic heterocycles. The fourth-order valence-electron chi connectivity index (χ4n) is 1.55. The molecule has 0 aliphatic rings. The summed E-state index contributed by atoms with van der Waals surface area (Å²) in [5.74, 6) is 0.320. The lowest BCUT2D eigenvalue weighted by Crippen LogP contribution is -2.29. The molecule has 4 nitrogen and oxygen atoms in total. The number of nitrogens with zero attached hydrogens (tertiary/aromatic N) is 1. The van der Waals surface area contributed by atoms with E-state index in [4.69, 9.17) is 5.73 Å². The molecule has 0 spiro atoms. The van der Waals surface area contributed by atoms with Gasteiger partial charge in [-0.3, -0.25) is 10.1 Å². The summed E-state index contributed by atoms with van der Waals surface area (Å²) >= 11 is 0. The third kappa shape index (κ3) is 3.03. The summed E-state index contributed by atoms with van der Waals surface area (Å²) in [5, 5.41) is 10.8. The van der Waals surface area contributed by atoms with Crippen LogP contribution in [0.3, 0.4) is 0 Å². The van der Waals surface area contributed by atoms with Crippen LogP contribution in [0.15, 0.2) is 18.2 Å². The number of nitro groups is 1. The number of hydrogen-bond donors (Lipinski definition) is 1. The van der Waals surface area contributed by atoms with Crippen molar-refractivity contribution in [2.75, 3.05) is 0 Å². The van der Waals surface area contributed by atoms with Crippen LogP contribution in [-0.4, -0.2) is 11.0 Å². The van der Waals surface area contributed by atoms with E-state index in [1.165, 1.54) is 0 Å². The predicted octanol–water partition coefficient (Wildman–Crippen LogP) is 2.43. The number of aryl methyl sites for hydroxylation is 1. The highest BCUT2D eigenvalue weighted by atomic mass is 16.6. The van der Waals surface area contributed by atoms with Crippen molar-refractivity contribution in [2.45, 2.75) is 33.2 Å². The van der Waals surface area contributed by atoms with E-state index in [0.29, 0.717) is 12.3 Å². The number of nitro benzene ring substituents is 1. The lowest BCUT2D eigenvalue weighted by Gasteiger charge is -2.15. The van der Waals surface area contributed by atoms with Gasteiger partial charge in [0.2, 0.25) is 0 Å². The SMILES string of the molecule is Cc1ccc([N+](=O)[O-])c(CC(N)C(C)C)c1. The van der Waals surface area contributed by atoms with Gasteiger partial charge in [0.25, 0.3) is 5.69 Å². The van der Waals surface area contributed by atoms with Crippen LogP contribution in [-0.2, 0) is 6.42 Å². The third-order valence-electron chi connectivity index (χ3n) is 2.74. The molecule has 1 aromatic carbocycles. The summed E-state index contributed by atoms with van der Waals surface area (Å²) in [6.07, 6.45) is 0.551. The van der Waals surface area contributed by atoms with Gasteiger partial charge in [-0.2, -0.15) is 0 Å². The van der Waals surface area contributed by atoms with Gasteiger partial charge in [-0.15, -0.1) is 0 Å². The van der Waals surface area contributed by atoms with E-state index in [9.17, 15) is 10.1 Å². The lowest BCUT2D eigenvalue weighted by molar-refractivity contribution is -0.385. The molecule has 0 fully saturated rings. The molecule has 1 atom stereocenters. The van der Waals surface area contributed by atoms with E-state index in [1.54, 1.807) is 12.1 Å². The van der Waals surface area contributed by atoms with Crippen LogP contribution in [0.1, 0.15) is 25.0 Å². The van der Waals surface area contributed by atoms with Gasteiger partial charge in [0, 0.05) is 17.7 Å². The standard InChI is InChI=1S/C12H18N2O2/c1-8(2)11(13)7-10-6-9(3)4-5-12(10)14(15)16/h4-6,8,11H,7,13H2,1-3H3. The highest BCUT2D eigenvalue weighted by molar-refractivity contribution is 5.43. The molecule has 0 amide bonds. The van der Waals surface area contributed by atoms with E-state index in [-0.39, 0.29) is 16.7 Å². The van der Waals surface area contributed by atoms with Crippen molar-refractivity contribution in [1.82, 2.24) is 0 Å². The molecule has 4 heteroatoms. The van der Waals surface area contributed by atoms with Gasteiger partial charge in [-0.05, 0) is 25.3 Å². The molecular formula is C12H18N2O2. The quantitative estimate of drug-likeness (QED) is 0.628. The number of nitrogens with two attached hydrogens (primary N) is 1. The minimum atomic E-state index is -0.345. The zero-order valence-corrected chi connectivity index (χ0v) is 9.93. The van der Waals surface area contributed by atoms with Crippen molar-refractivity contribution in [1.29, 1.82) is 0 Å². The Kier molecular flexibility index (Phi) is 4.01. The van der Waals surface area contributed by atoms with Gasteiger partial charge < -0.3 is 5.73 Å². The highest BCUT2D eigenvalue weighted by Crippen LogP contribution is 2.22. The van der Waals surface area contributed by atoms with Crippen LogP contribution in [0, 0.1) is 23.0 Å². The van der Waals surface area contributed by atoms with Crippen LogP contribution in [0.5, 0.6) is 0 Å². The van der Waals surface area contributed by atoms with Gasteiger partial charge in [-0.1, -0.05) is 25.5 Å². The lowest BCUT2D eigenvalue weighted by atomic mass is 9.95. The van der Waals surface area contributed by atoms with Crippen LogP contribution in [0.2, 0.25) is 0 Å². The summed E-state index contributed by atoms with van der Waals surface area (Å²) in [6.45, 7) is 5.96. The molecule has 0 saturated carbocycles. The Morgan fingerprint density at radius 2 is 2.06 bits per heavy atom. The van der Waals surface area contributed by atoms with Crippen molar-refractivity contribution in [3.63, 3.8) is 0 Å². The van der Waals surface area contributed by atoms with Gasteiger partial charge in [-0.25, -0.2) is 0 Å². The number of benzene rings is 1. The number of hydrogen-bond acceptors (Lipinski definition) is 3. The van der Waals surface area contributed by atoms with Crippen molar-refractivity contribution in [3.8, 4) is 0 Å².